The number of allylic oxidation sites excluding steroid dienone is 2. The lowest BCUT2D eigenvalue weighted by molar-refractivity contribution is -0.130. The summed E-state index contributed by atoms with van der Waals surface area (Å²) in [6, 6.07) is 4.18. The van der Waals surface area contributed by atoms with Gasteiger partial charge in [-0.3, -0.25) is 4.79 Å². The minimum Gasteiger partial charge on any atom is -0.393 e. The minimum absolute atomic E-state index is 0.150. The molecule has 6 atom stereocenters. The van der Waals surface area contributed by atoms with Crippen LogP contribution >= 0.6 is 11.3 Å². The molecule has 0 aromatic carbocycles. The van der Waals surface area contributed by atoms with Crippen LogP contribution in [0.5, 0.6) is 0 Å². The van der Waals surface area contributed by atoms with Crippen LogP contribution in [0.1, 0.15) is 63.7 Å². The number of ketones is 1. The van der Waals surface area contributed by atoms with E-state index in [1.807, 2.05) is 0 Å². The first kappa shape index (κ1) is 17.9. The smallest absolute Gasteiger partial charge is 0.165 e. The van der Waals surface area contributed by atoms with Crippen LogP contribution in [-0.4, -0.2) is 17.0 Å². The fraction of sp³-hybridized carbons (Fsp3) is 0.625. The minimum atomic E-state index is -0.167. The van der Waals surface area contributed by atoms with Crippen LogP contribution in [0.2, 0.25) is 0 Å². The monoisotopic (exact) mass is 382 g/mol. The van der Waals surface area contributed by atoms with E-state index in [1.54, 1.807) is 11.3 Å². The van der Waals surface area contributed by atoms with Crippen molar-refractivity contribution >= 4 is 23.2 Å². The van der Waals surface area contributed by atoms with Crippen LogP contribution in [-0.2, 0) is 4.79 Å². The third kappa shape index (κ3) is 2.57. The molecule has 3 fully saturated rings. The Morgan fingerprint density at radius 2 is 1.96 bits per heavy atom. The molecule has 3 heteroatoms. The predicted molar refractivity (Wildman–Crippen MR) is 110 cm³/mol. The first-order chi connectivity index (χ1) is 12.9. The molecule has 27 heavy (non-hydrogen) atoms. The zero-order valence-corrected chi connectivity index (χ0v) is 17.2. The summed E-state index contributed by atoms with van der Waals surface area (Å²) in [6.07, 6.45) is 11.6. The molecule has 1 aromatic heterocycles. The number of aliphatic hydroxyl groups excluding tert-OH is 1. The average molecular weight is 383 g/mol. The number of hydrogen-bond acceptors (Lipinski definition) is 3. The van der Waals surface area contributed by atoms with E-state index in [0.717, 1.165) is 44.1 Å². The van der Waals surface area contributed by atoms with Gasteiger partial charge in [-0.25, -0.2) is 0 Å². The highest BCUT2D eigenvalue weighted by molar-refractivity contribution is 7.10. The zero-order chi connectivity index (χ0) is 18.8. The van der Waals surface area contributed by atoms with Gasteiger partial charge in [0.15, 0.2) is 5.78 Å². The van der Waals surface area contributed by atoms with Gasteiger partial charge in [-0.15, -0.1) is 11.3 Å². The molecule has 3 saturated carbocycles. The van der Waals surface area contributed by atoms with E-state index < -0.39 is 0 Å². The summed E-state index contributed by atoms with van der Waals surface area (Å²) in [5, 5.41) is 12.2. The van der Waals surface area contributed by atoms with Crippen LogP contribution < -0.4 is 0 Å². The van der Waals surface area contributed by atoms with Crippen molar-refractivity contribution < 1.29 is 9.90 Å². The molecular formula is C24H30O2S. The quantitative estimate of drug-likeness (QED) is 0.504. The SMILES string of the molecule is C[C@]12CC[C@H](O)CC1=CC[C@H]1[C@H]2CC[C@]2(C)C(=O)/C(=C/c3cccs3)C[C@@H]12. The van der Waals surface area contributed by atoms with Gasteiger partial charge < -0.3 is 5.11 Å². The molecule has 0 amide bonds. The van der Waals surface area contributed by atoms with E-state index in [9.17, 15) is 9.90 Å². The van der Waals surface area contributed by atoms with Crippen molar-refractivity contribution in [1.29, 1.82) is 0 Å². The Labute approximate surface area is 166 Å². The Balaban J connectivity index is 1.49. The maximum atomic E-state index is 13.4. The maximum absolute atomic E-state index is 13.4. The Bertz CT molecular complexity index is 819. The number of Topliss-reactive ketones (excluding diaryl/α,β-unsaturated/α-hetero) is 1. The molecule has 0 unspecified atom stereocenters. The number of carbonyl (C=O) groups is 1. The molecule has 1 aromatic rings. The second-order valence-corrected chi connectivity index (χ2v) is 10.8. The van der Waals surface area contributed by atoms with Crippen molar-refractivity contribution in [2.45, 2.75) is 64.9 Å². The lowest BCUT2D eigenvalue weighted by atomic mass is 9.48. The number of aliphatic hydroxyl groups is 1. The Morgan fingerprint density at radius 3 is 2.74 bits per heavy atom. The third-order valence-electron chi connectivity index (χ3n) is 8.58. The van der Waals surface area contributed by atoms with Crippen molar-refractivity contribution in [2.75, 3.05) is 0 Å². The van der Waals surface area contributed by atoms with Crippen molar-refractivity contribution in [2.24, 2.45) is 28.6 Å². The summed E-state index contributed by atoms with van der Waals surface area (Å²) in [4.78, 5) is 14.6. The van der Waals surface area contributed by atoms with Crippen molar-refractivity contribution in [1.82, 2.24) is 0 Å². The lowest BCUT2D eigenvalue weighted by Crippen LogP contribution is -2.50. The summed E-state index contributed by atoms with van der Waals surface area (Å²) < 4.78 is 0. The van der Waals surface area contributed by atoms with Crippen molar-refractivity contribution in [3.8, 4) is 0 Å². The fourth-order valence-electron chi connectivity index (χ4n) is 6.99. The Hall–Kier alpha value is -1.19. The number of carbonyl (C=O) groups excluding carboxylic acids is 1. The van der Waals surface area contributed by atoms with Gasteiger partial charge in [-0.2, -0.15) is 0 Å². The van der Waals surface area contributed by atoms with Gasteiger partial charge in [0.1, 0.15) is 0 Å². The summed E-state index contributed by atoms with van der Waals surface area (Å²) >= 11 is 1.72. The van der Waals surface area contributed by atoms with Crippen LogP contribution in [0, 0.1) is 28.6 Å². The second-order valence-electron chi connectivity index (χ2n) is 9.83. The third-order valence-corrected chi connectivity index (χ3v) is 9.40. The number of fused-ring (bicyclic) bond motifs is 5. The molecule has 144 valence electrons. The van der Waals surface area contributed by atoms with E-state index in [-0.39, 0.29) is 16.9 Å². The molecule has 0 aliphatic heterocycles. The molecule has 1 heterocycles. The number of rotatable bonds is 1. The predicted octanol–water partition coefficient (Wildman–Crippen LogP) is 5.63. The van der Waals surface area contributed by atoms with Gasteiger partial charge in [0.05, 0.1) is 6.10 Å². The van der Waals surface area contributed by atoms with E-state index in [1.165, 1.54) is 16.9 Å². The van der Waals surface area contributed by atoms with Crippen LogP contribution in [0.15, 0.2) is 34.7 Å². The topological polar surface area (TPSA) is 37.3 Å². The van der Waals surface area contributed by atoms with Gasteiger partial charge in [0, 0.05) is 10.3 Å². The standard InChI is InChI=1S/C24H30O2S/c1-23-9-7-17(25)14-16(23)5-6-19-20(23)8-10-24(2)21(19)13-15(22(24)26)12-18-4-3-11-27-18/h3-5,11-12,17,19-21,25H,6-10,13-14H2,1-2H3/b15-12+/t17-,19-,20+,21-,23-,24-/m0/s1. The number of hydrogen-bond donors (Lipinski definition) is 1. The summed E-state index contributed by atoms with van der Waals surface area (Å²) in [5.74, 6) is 2.19. The summed E-state index contributed by atoms with van der Waals surface area (Å²) in [7, 11) is 0. The lowest BCUT2D eigenvalue weighted by Gasteiger charge is -2.56. The van der Waals surface area contributed by atoms with E-state index in [4.69, 9.17) is 0 Å². The van der Waals surface area contributed by atoms with Gasteiger partial charge >= 0.3 is 0 Å². The largest absolute Gasteiger partial charge is 0.393 e. The first-order valence-corrected chi connectivity index (χ1v) is 11.5. The van der Waals surface area contributed by atoms with E-state index in [0.29, 0.717) is 23.5 Å². The highest BCUT2D eigenvalue weighted by Crippen LogP contribution is 2.64. The molecule has 5 rings (SSSR count). The van der Waals surface area contributed by atoms with Crippen LogP contribution in [0.25, 0.3) is 6.08 Å². The molecule has 2 nitrogen and oxygen atoms in total. The molecule has 0 bridgehead atoms. The number of thiophene rings is 1. The molecule has 4 aliphatic carbocycles. The highest BCUT2D eigenvalue weighted by Gasteiger charge is 2.59. The van der Waals surface area contributed by atoms with Crippen LogP contribution in [0.4, 0.5) is 0 Å². The van der Waals surface area contributed by atoms with E-state index >= 15 is 0 Å². The summed E-state index contributed by atoms with van der Waals surface area (Å²) in [6.45, 7) is 4.70. The zero-order valence-electron chi connectivity index (χ0n) is 16.4. The van der Waals surface area contributed by atoms with Crippen LogP contribution in [0.3, 0.4) is 0 Å². The molecule has 0 saturated heterocycles. The Morgan fingerprint density at radius 1 is 1.15 bits per heavy atom. The molecular weight excluding hydrogens is 352 g/mol. The highest BCUT2D eigenvalue weighted by atomic mass is 32.1. The Kier molecular flexibility index (Phi) is 4.07. The second kappa shape index (κ2) is 6.15. The van der Waals surface area contributed by atoms with Gasteiger partial charge in [0.2, 0.25) is 0 Å². The molecule has 1 N–H and O–H groups in total. The van der Waals surface area contributed by atoms with E-state index in [2.05, 4.69) is 43.5 Å². The molecule has 0 spiro atoms. The van der Waals surface area contributed by atoms with Gasteiger partial charge in [-0.1, -0.05) is 31.6 Å². The van der Waals surface area contributed by atoms with Crippen molar-refractivity contribution in [3.05, 3.63) is 39.6 Å². The van der Waals surface area contributed by atoms with Crippen molar-refractivity contribution in [3.63, 3.8) is 0 Å². The average Bonchev–Trinajstić information content (AvgIpc) is 3.24. The molecule has 0 radical (unpaired) electrons. The normalized spacial score (nSPS) is 45.2. The summed E-state index contributed by atoms with van der Waals surface area (Å²) in [5.41, 5.74) is 2.64. The molecule has 4 aliphatic rings. The first-order valence-electron chi connectivity index (χ1n) is 10.6. The maximum Gasteiger partial charge on any atom is 0.165 e. The van der Waals surface area contributed by atoms with Gasteiger partial charge in [-0.05, 0) is 91.2 Å². The fourth-order valence-corrected chi connectivity index (χ4v) is 7.67. The van der Waals surface area contributed by atoms with Gasteiger partial charge in [0.25, 0.3) is 0 Å².